The van der Waals surface area contributed by atoms with Crippen molar-refractivity contribution in [2.24, 2.45) is 0 Å². The van der Waals surface area contributed by atoms with Crippen molar-refractivity contribution >= 4 is 23.0 Å². The van der Waals surface area contributed by atoms with Crippen LogP contribution in [0.3, 0.4) is 0 Å². The van der Waals surface area contributed by atoms with Gasteiger partial charge in [-0.25, -0.2) is 0 Å². The maximum atomic E-state index is 12.0. The van der Waals surface area contributed by atoms with E-state index in [1.165, 1.54) is 36.7 Å². The van der Waals surface area contributed by atoms with Crippen LogP contribution in [0, 0.1) is 17.0 Å². The van der Waals surface area contributed by atoms with E-state index >= 15 is 0 Å². The van der Waals surface area contributed by atoms with Gasteiger partial charge in [-0.15, -0.1) is 0 Å². The van der Waals surface area contributed by atoms with Gasteiger partial charge in [-0.3, -0.25) is 19.9 Å². The summed E-state index contributed by atoms with van der Waals surface area (Å²) in [7, 11) is 0. The van der Waals surface area contributed by atoms with Crippen LogP contribution in [0.5, 0.6) is 0 Å². The number of nitrogens with two attached hydrogens (primary N) is 1. The number of nitrogen functional groups attached to an aromatic ring is 1. The fourth-order valence-electron chi connectivity index (χ4n) is 1.75. The number of hydrogen-bond acceptors (Lipinski definition) is 5. The van der Waals surface area contributed by atoms with Crippen molar-refractivity contribution in [3.8, 4) is 0 Å². The summed E-state index contributed by atoms with van der Waals surface area (Å²) in [5.74, 6) is -0.391. The predicted molar refractivity (Wildman–Crippen MR) is 74.4 cm³/mol. The molecule has 102 valence electrons. The van der Waals surface area contributed by atoms with Crippen LogP contribution in [0.1, 0.15) is 15.9 Å². The summed E-state index contributed by atoms with van der Waals surface area (Å²) < 4.78 is 0. The molecule has 0 radical (unpaired) electrons. The molecular formula is C13H12N4O3. The zero-order valence-corrected chi connectivity index (χ0v) is 10.7. The fourth-order valence-corrected chi connectivity index (χ4v) is 1.75. The van der Waals surface area contributed by atoms with Gasteiger partial charge in [-0.2, -0.15) is 0 Å². The van der Waals surface area contributed by atoms with E-state index in [-0.39, 0.29) is 11.4 Å². The highest BCUT2D eigenvalue weighted by atomic mass is 16.6. The summed E-state index contributed by atoms with van der Waals surface area (Å²) in [5.41, 5.74) is 7.17. The molecule has 2 rings (SSSR count). The lowest BCUT2D eigenvalue weighted by Gasteiger charge is -2.07. The smallest absolute Gasteiger partial charge is 0.272 e. The van der Waals surface area contributed by atoms with Gasteiger partial charge < -0.3 is 11.1 Å². The minimum atomic E-state index is -0.470. The molecule has 7 nitrogen and oxygen atoms in total. The summed E-state index contributed by atoms with van der Waals surface area (Å²) >= 11 is 0. The van der Waals surface area contributed by atoms with E-state index in [0.29, 0.717) is 16.8 Å². The van der Waals surface area contributed by atoms with Crippen molar-refractivity contribution in [1.29, 1.82) is 0 Å². The Hall–Kier alpha value is -2.96. The largest absolute Gasteiger partial charge is 0.397 e. The number of nitrogens with one attached hydrogen (secondary N) is 1. The first-order valence-electron chi connectivity index (χ1n) is 5.75. The van der Waals surface area contributed by atoms with E-state index in [9.17, 15) is 14.9 Å². The van der Waals surface area contributed by atoms with Gasteiger partial charge in [0, 0.05) is 23.5 Å². The van der Waals surface area contributed by atoms with Gasteiger partial charge in [0.25, 0.3) is 11.6 Å². The van der Waals surface area contributed by atoms with E-state index in [1.807, 2.05) is 0 Å². The predicted octanol–water partition coefficient (Wildman–Crippen LogP) is 2.13. The number of hydrogen-bond donors (Lipinski definition) is 2. The van der Waals surface area contributed by atoms with Crippen LogP contribution in [0.2, 0.25) is 0 Å². The van der Waals surface area contributed by atoms with Crippen LogP contribution >= 0.6 is 0 Å². The number of nitro benzene ring substituents is 1. The third-order valence-electron chi connectivity index (χ3n) is 2.75. The highest BCUT2D eigenvalue weighted by Gasteiger charge is 2.13. The number of anilines is 2. The second-order valence-corrected chi connectivity index (χ2v) is 4.18. The Bertz CT molecular complexity index is 685. The maximum Gasteiger partial charge on any atom is 0.272 e. The van der Waals surface area contributed by atoms with Crippen LogP contribution < -0.4 is 11.1 Å². The third kappa shape index (κ3) is 2.72. The van der Waals surface area contributed by atoms with Crippen LogP contribution in [0.4, 0.5) is 17.1 Å². The van der Waals surface area contributed by atoms with Gasteiger partial charge in [-0.1, -0.05) is 0 Å². The highest BCUT2D eigenvalue weighted by Crippen LogP contribution is 2.22. The summed E-state index contributed by atoms with van der Waals surface area (Å²) in [4.78, 5) is 26.1. The zero-order valence-electron chi connectivity index (χ0n) is 10.7. The molecule has 20 heavy (non-hydrogen) atoms. The number of aromatic nitrogens is 1. The number of pyridine rings is 1. The van der Waals surface area contributed by atoms with Crippen molar-refractivity contribution in [3.63, 3.8) is 0 Å². The number of amides is 1. The van der Waals surface area contributed by atoms with E-state index in [1.54, 1.807) is 6.92 Å². The Morgan fingerprint density at radius 1 is 1.40 bits per heavy atom. The van der Waals surface area contributed by atoms with Gasteiger partial charge in [0.2, 0.25) is 0 Å². The van der Waals surface area contributed by atoms with Crippen LogP contribution in [0.15, 0.2) is 36.7 Å². The molecule has 1 heterocycles. The maximum absolute atomic E-state index is 12.0. The molecule has 3 N–H and O–H groups in total. The lowest BCUT2D eigenvalue weighted by Crippen LogP contribution is -2.14. The SMILES string of the molecule is Cc1cc(NC(=O)c2ccncc2N)ccc1[N+](=O)[O-]. The summed E-state index contributed by atoms with van der Waals surface area (Å²) in [6, 6.07) is 5.86. The molecule has 1 aromatic carbocycles. The molecule has 0 bridgehead atoms. The number of carbonyl (C=O) groups excluding carboxylic acids is 1. The Kier molecular flexibility index (Phi) is 3.60. The van der Waals surface area contributed by atoms with Crippen molar-refractivity contribution in [1.82, 2.24) is 4.98 Å². The second kappa shape index (κ2) is 5.35. The lowest BCUT2D eigenvalue weighted by atomic mass is 10.1. The van der Waals surface area contributed by atoms with Crippen LogP contribution in [0.25, 0.3) is 0 Å². The molecule has 2 aromatic rings. The lowest BCUT2D eigenvalue weighted by molar-refractivity contribution is -0.385. The minimum absolute atomic E-state index is 0.00595. The normalized spacial score (nSPS) is 10.1. The summed E-state index contributed by atoms with van der Waals surface area (Å²) in [6.07, 6.45) is 2.85. The standard InChI is InChI=1S/C13H12N4O3/c1-8-6-9(2-3-12(8)17(19)20)16-13(18)10-4-5-15-7-11(10)14/h2-7H,14H2,1H3,(H,16,18). The van der Waals surface area contributed by atoms with Crippen LogP contribution in [-0.2, 0) is 0 Å². The van der Waals surface area contributed by atoms with Gasteiger partial charge >= 0.3 is 0 Å². The summed E-state index contributed by atoms with van der Waals surface area (Å²) in [6.45, 7) is 1.61. The van der Waals surface area contributed by atoms with Crippen LogP contribution in [-0.4, -0.2) is 15.8 Å². The average molecular weight is 272 g/mol. The number of nitrogens with zero attached hydrogens (tertiary/aromatic N) is 2. The average Bonchev–Trinajstić information content (AvgIpc) is 2.38. The molecule has 0 aliphatic rings. The number of carbonyl (C=O) groups is 1. The number of aryl methyl sites for hydroxylation is 1. The van der Waals surface area contributed by atoms with E-state index in [4.69, 9.17) is 5.73 Å². The second-order valence-electron chi connectivity index (χ2n) is 4.18. The molecule has 1 amide bonds. The number of rotatable bonds is 3. The molecule has 0 aliphatic carbocycles. The van der Waals surface area contributed by atoms with Gasteiger partial charge in [-0.05, 0) is 25.1 Å². The van der Waals surface area contributed by atoms with Crippen molar-refractivity contribution in [2.45, 2.75) is 6.92 Å². The third-order valence-corrected chi connectivity index (χ3v) is 2.75. The molecule has 0 saturated heterocycles. The molecule has 0 atom stereocenters. The Labute approximate surface area is 114 Å². The number of benzene rings is 1. The van der Waals surface area contributed by atoms with E-state index in [0.717, 1.165) is 0 Å². The van der Waals surface area contributed by atoms with Gasteiger partial charge in [0.15, 0.2) is 0 Å². The fraction of sp³-hybridized carbons (Fsp3) is 0.0769. The Balaban J connectivity index is 2.23. The molecule has 1 aromatic heterocycles. The molecule has 7 heteroatoms. The highest BCUT2D eigenvalue weighted by molar-refractivity contribution is 6.07. The Morgan fingerprint density at radius 3 is 2.75 bits per heavy atom. The monoisotopic (exact) mass is 272 g/mol. The Morgan fingerprint density at radius 2 is 2.15 bits per heavy atom. The topological polar surface area (TPSA) is 111 Å². The summed E-state index contributed by atoms with van der Waals surface area (Å²) in [5, 5.41) is 13.4. The molecular weight excluding hydrogens is 260 g/mol. The molecule has 0 aliphatic heterocycles. The molecule has 0 saturated carbocycles. The van der Waals surface area contributed by atoms with Gasteiger partial charge in [0.1, 0.15) is 0 Å². The molecule has 0 unspecified atom stereocenters. The van der Waals surface area contributed by atoms with E-state index in [2.05, 4.69) is 10.3 Å². The quantitative estimate of drug-likeness (QED) is 0.656. The van der Waals surface area contributed by atoms with Gasteiger partial charge in [0.05, 0.1) is 22.4 Å². The van der Waals surface area contributed by atoms with Crippen molar-refractivity contribution < 1.29 is 9.72 Å². The van der Waals surface area contributed by atoms with E-state index < -0.39 is 10.8 Å². The first-order valence-corrected chi connectivity index (χ1v) is 5.75. The first kappa shape index (κ1) is 13.5. The van der Waals surface area contributed by atoms with Crippen molar-refractivity contribution in [3.05, 3.63) is 57.9 Å². The van der Waals surface area contributed by atoms with Crippen molar-refractivity contribution in [2.75, 3.05) is 11.1 Å². The zero-order chi connectivity index (χ0) is 14.7. The first-order chi connectivity index (χ1) is 9.49. The number of nitro groups is 1. The molecule has 0 spiro atoms. The minimum Gasteiger partial charge on any atom is -0.397 e. The molecule has 0 fully saturated rings.